The van der Waals surface area contributed by atoms with Crippen LogP contribution in [0.2, 0.25) is 0 Å². The van der Waals surface area contributed by atoms with Crippen LogP contribution >= 0.6 is 15.9 Å². The molecule has 6 nitrogen and oxygen atoms in total. The topological polar surface area (TPSA) is 86.7 Å². The van der Waals surface area contributed by atoms with E-state index in [1.54, 1.807) is 66.7 Å². The molecule has 0 radical (unpaired) electrons. The van der Waals surface area contributed by atoms with Gasteiger partial charge in [-0.3, -0.25) is 19.3 Å². The van der Waals surface area contributed by atoms with Crippen LogP contribution in [0.15, 0.2) is 88.9 Å². The summed E-state index contributed by atoms with van der Waals surface area (Å²) >= 11 is 3.40. The number of aliphatic hydroxyl groups excluding tert-OH is 1. The molecule has 0 saturated carbocycles. The molecule has 1 saturated heterocycles. The SMILES string of the molecule is CC(=O)Nc1ccc(N2C(=O)C(=O)C(=C(O)c3ccccc3)C2c2ccc(Br)cc2)cc1. The van der Waals surface area contributed by atoms with E-state index in [-0.39, 0.29) is 17.2 Å². The molecule has 2 N–H and O–H groups in total. The fourth-order valence-corrected chi connectivity index (χ4v) is 3.98. The monoisotopic (exact) mass is 490 g/mol. The average Bonchev–Trinajstić information content (AvgIpc) is 3.05. The first-order valence-corrected chi connectivity index (χ1v) is 10.7. The molecule has 1 unspecified atom stereocenters. The van der Waals surface area contributed by atoms with Gasteiger partial charge in [0.25, 0.3) is 11.7 Å². The number of Topliss-reactive ketones (excluding diaryl/α,β-unsaturated/α-hetero) is 1. The van der Waals surface area contributed by atoms with Crippen molar-refractivity contribution in [2.24, 2.45) is 0 Å². The highest BCUT2D eigenvalue weighted by atomic mass is 79.9. The van der Waals surface area contributed by atoms with Crippen LogP contribution in [0.25, 0.3) is 5.76 Å². The van der Waals surface area contributed by atoms with Gasteiger partial charge < -0.3 is 10.4 Å². The normalized spacial score (nSPS) is 17.4. The van der Waals surface area contributed by atoms with Gasteiger partial charge in [0.2, 0.25) is 5.91 Å². The molecule has 1 aliphatic rings. The van der Waals surface area contributed by atoms with Gasteiger partial charge in [0, 0.05) is 28.3 Å². The lowest BCUT2D eigenvalue weighted by atomic mass is 9.95. The maximum absolute atomic E-state index is 13.1. The Morgan fingerprint density at radius 1 is 0.938 bits per heavy atom. The van der Waals surface area contributed by atoms with Crippen LogP contribution < -0.4 is 10.2 Å². The van der Waals surface area contributed by atoms with Crippen LogP contribution in [-0.2, 0) is 14.4 Å². The Labute approximate surface area is 193 Å². The smallest absolute Gasteiger partial charge is 0.300 e. The first-order valence-electron chi connectivity index (χ1n) is 9.86. The van der Waals surface area contributed by atoms with Gasteiger partial charge in [0.15, 0.2) is 0 Å². The zero-order valence-electron chi connectivity index (χ0n) is 17.1. The minimum atomic E-state index is -0.810. The second-order valence-electron chi connectivity index (χ2n) is 7.31. The molecule has 7 heteroatoms. The fraction of sp³-hybridized carbons (Fsp3) is 0.0800. The van der Waals surface area contributed by atoms with Crippen molar-refractivity contribution in [1.82, 2.24) is 0 Å². The summed E-state index contributed by atoms with van der Waals surface area (Å²) in [4.78, 5) is 38.9. The first-order chi connectivity index (χ1) is 15.4. The third-order valence-electron chi connectivity index (χ3n) is 5.14. The van der Waals surface area contributed by atoms with E-state index in [0.717, 1.165) is 4.47 Å². The average molecular weight is 491 g/mol. The molecule has 3 aromatic rings. The number of nitrogens with zero attached hydrogens (tertiary/aromatic N) is 1. The summed E-state index contributed by atoms with van der Waals surface area (Å²) in [6.07, 6.45) is 0. The lowest BCUT2D eigenvalue weighted by Crippen LogP contribution is -2.29. The zero-order valence-corrected chi connectivity index (χ0v) is 18.7. The maximum Gasteiger partial charge on any atom is 0.300 e. The van der Waals surface area contributed by atoms with Gasteiger partial charge in [0.1, 0.15) is 5.76 Å². The van der Waals surface area contributed by atoms with Gasteiger partial charge in [0.05, 0.1) is 11.6 Å². The van der Waals surface area contributed by atoms with Crippen LogP contribution in [0.4, 0.5) is 11.4 Å². The molecule has 3 aromatic carbocycles. The Hall–Kier alpha value is -3.71. The summed E-state index contributed by atoms with van der Waals surface area (Å²) < 4.78 is 0.848. The van der Waals surface area contributed by atoms with E-state index in [9.17, 15) is 19.5 Å². The molecular formula is C25H19BrN2O4. The molecule has 1 atom stereocenters. The molecule has 0 aromatic heterocycles. The minimum absolute atomic E-state index is 0.0226. The zero-order chi connectivity index (χ0) is 22.8. The number of amides is 2. The number of rotatable bonds is 4. The van der Waals surface area contributed by atoms with Crippen molar-refractivity contribution in [3.8, 4) is 0 Å². The van der Waals surface area contributed by atoms with E-state index >= 15 is 0 Å². The highest BCUT2D eigenvalue weighted by Crippen LogP contribution is 2.42. The van der Waals surface area contributed by atoms with Crippen LogP contribution in [0, 0.1) is 0 Å². The summed E-state index contributed by atoms with van der Waals surface area (Å²) in [6, 6.07) is 21.7. The van der Waals surface area contributed by atoms with Crippen LogP contribution in [0.5, 0.6) is 0 Å². The van der Waals surface area contributed by atoms with Gasteiger partial charge in [-0.2, -0.15) is 0 Å². The molecule has 4 rings (SSSR count). The van der Waals surface area contributed by atoms with Gasteiger partial charge in [-0.1, -0.05) is 58.4 Å². The molecule has 0 spiro atoms. The number of benzene rings is 3. The van der Waals surface area contributed by atoms with Crippen molar-refractivity contribution >= 4 is 50.7 Å². The first kappa shape index (κ1) is 21.5. The van der Waals surface area contributed by atoms with Crippen molar-refractivity contribution in [2.75, 3.05) is 10.2 Å². The highest BCUT2D eigenvalue weighted by Gasteiger charge is 2.46. The molecule has 32 heavy (non-hydrogen) atoms. The Morgan fingerprint density at radius 3 is 2.16 bits per heavy atom. The highest BCUT2D eigenvalue weighted by molar-refractivity contribution is 9.10. The quantitative estimate of drug-likeness (QED) is 0.305. The Kier molecular flexibility index (Phi) is 5.92. The Bertz CT molecular complexity index is 1220. The Morgan fingerprint density at radius 2 is 1.56 bits per heavy atom. The van der Waals surface area contributed by atoms with Crippen LogP contribution in [-0.4, -0.2) is 22.7 Å². The molecule has 1 heterocycles. The van der Waals surface area contributed by atoms with Crippen LogP contribution in [0.3, 0.4) is 0 Å². The number of halogens is 1. The second kappa shape index (κ2) is 8.80. The number of aliphatic hydroxyl groups is 1. The van der Waals surface area contributed by atoms with Crippen LogP contribution in [0.1, 0.15) is 24.1 Å². The third-order valence-corrected chi connectivity index (χ3v) is 5.67. The summed E-state index contributed by atoms with van der Waals surface area (Å²) in [5, 5.41) is 13.7. The van der Waals surface area contributed by atoms with Gasteiger partial charge in [-0.15, -0.1) is 0 Å². The van der Waals surface area contributed by atoms with Gasteiger partial charge >= 0.3 is 0 Å². The number of hydrogen-bond donors (Lipinski definition) is 2. The number of hydrogen-bond acceptors (Lipinski definition) is 4. The van der Waals surface area contributed by atoms with Crippen molar-refractivity contribution in [2.45, 2.75) is 13.0 Å². The summed E-state index contributed by atoms with van der Waals surface area (Å²) in [5.41, 5.74) is 2.20. The number of nitrogens with one attached hydrogen (secondary N) is 1. The molecule has 1 aliphatic heterocycles. The largest absolute Gasteiger partial charge is 0.507 e. The minimum Gasteiger partial charge on any atom is -0.507 e. The molecule has 1 fully saturated rings. The van der Waals surface area contributed by atoms with Crippen molar-refractivity contribution in [1.29, 1.82) is 0 Å². The molecule has 0 aliphatic carbocycles. The predicted octanol–water partition coefficient (Wildman–Crippen LogP) is 5.03. The molecular weight excluding hydrogens is 472 g/mol. The van der Waals surface area contributed by atoms with Gasteiger partial charge in [-0.05, 0) is 42.0 Å². The third kappa shape index (κ3) is 4.07. The summed E-state index contributed by atoms with van der Waals surface area (Å²) in [6.45, 7) is 1.41. The van der Waals surface area contributed by atoms with E-state index in [2.05, 4.69) is 21.2 Å². The van der Waals surface area contributed by atoms with E-state index in [1.807, 2.05) is 12.1 Å². The number of carbonyl (C=O) groups is 3. The van der Waals surface area contributed by atoms with Crippen molar-refractivity contribution in [3.63, 3.8) is 0 Å². The number of ketones is 1. The molecule has 160 valence electrons. The van der Waals surface area contributed by atoms with Crippen molar-refractivity contribution < 1.29 is 19.5 Å². The number of anilines is 2. The lowest BCUT2D eigenvalue weighted by Gasteiger charge is -2.25. The molecule has 2 amide bonds. The van der Waals surface area contributed by atoms with E-state index in [1.165, 1.54) is 11.8 Å². The van der Waals surface area contributed by atoms with E-state index in [4.69, 9.17) is 0 Å². The summed E-state index contributed by atoms with van der Waals surface area (Å²) in [5.74, 6) is -1.93. The lowest BCUT2D eigenvalue weighted by molar-refractivity contribution is -0.132. The summed E-state index contributed by atoms with van der Waals surface area (Å²) in [7, 11) is 0. The van der Waals surface area contributed by atoms with E-state index < -0.39 is 17.7 Å². The standard InChI is InChI=1S/C25H19BrN2O4/c1-15(29)27-19-11-13-20(14-12-19)28-22(16-7-9-18(26)10-8-16)21(24(31)25(28)32)23(30)17-5-3-2-4-6-17/h2-14,22,30H,1H3,(H,27,29). The van der Waals surface area contributed by atoms with Crippen molar-refractivity contribution in [3.05, 3.63) is 100 Å². The number of carbonyl (C=O) groups excluding carboxylic acids is 3. The fourth-order valence-electron chi connectivity index (χ4n) is 3.72. The van der Waals surface area contributed by atoms with E-state index in [0.29, 0.717) is 22.5 Å². The Balaban J connectivity index is 1.87. The second-order valence-corrected chi connectivity index (χ2v) is 8.23. The van der Waals surface area contributed by atoms with Gasteiger partial charge in [-0.25, -0.2) is 0 Å². The molecule has 0 bridgehead atoms. The predicted molar refractivity (Wildman–Crippen MR) is 126 cm³/mol. The maximum atomic E-state index is 13.1.